The third kappa shape index (κ3) is 4.05. The summed E-state index contributed by atoms with van der Waals surface area (Å²) in [5.41, 5.74) is 2.96. The van der Waals surface area contributed by atoms with Gasteiger partial charge in [-0.15, -0.1) is 0 Å². The number of hydrogen-bond donors (Lipinski definition) is 1. The van der Waals surface area contributed by atoms with Crippen LogP contribution in [0.5, 0.6) is 0 Å². The number of ether oxygens (including phenoxy) is 1. The Kier molecular flexibility index (Phi) is 5.28. The molecule has 11 heteroatoms. The van der Waals surface area contributed by atoms with E-state index in [-0.39, 0.29) is 15.6 Å². The van der Waals surface area contributed by atoms with Crippen molar-refractivity contribution in [2.45, 2.75) is 6.18 Å². The van der Waals surface area contributed by atoms with Crippen molar-refractivity contribution in [3.05, 3.63) is 45.1 Å². The van der Waals surface area contributed by atoms with Gasteiger partial charge in [0.25, 0.3) is 0 Å². The third-order valence-corrected chi connectivity index (χ3v) is 3.69. The summed E-state index contributed by atoms with van der Waals surface area (Å²) in [6, 6.07) is 4.05. The van der Waals surface area contributed by atoms with E-state index in [4.69, 9.17) is 28.9 Å². The number of anilines is 1. The zero-order valence-corrected chi connectivity index (χ0v) is 14.0. The van der Waals surface area contributed by atoms with E-state index in [0.29, 0.717) is 4.68 Å². The van der Waals surface area contributed by atoms with Crippen LogP contribution in [0.4, 0.5) is 19.0 Å². The van der Waals surface area contributed by atoms with E-state index in [0.717, 1.165) is 7.05 Å². The van der Waals surface area contributed by atoms with Crippen molar-refractivity contribution in [2.75, 3.05) is 12.3 Å². The van der Waals surface area contributed by atoms with Gasteiger partial charge in [0.15, 0.2) is 12.3 Å². The molecule has 0 amide bonds. The predicted molar refractivity (Wildman–Crippen MR) is 83.7 cm³/mol. The molecule has 134 valence electrons. The van der Waals surface area contributed by atoms with Crippen LogP contribution in [-0.4, -0.2) is 28.1 Å². The first-order valence-corrected chi connectivity index (χ1v) is 7.33. The van der Waals surface area contributed by atoms with Crippen LogP contribution in [0, 0.1) is 0 Å². The molecular formula is C14H10Cl2F3N3O3. The smallest absolute Gasteiger partial charge is 0.436 e. The highest BCUT2D eigenvalue weighted by molar-refractivity contribution is 6.36. The van der Waals surface area contributed by atoms with Gasteiger partial charge in [-0.2, -0.15) is 18.3 Å². The van der Waals surface area contributed by atoms with Crippen LogP contribution in [0.2, 0.25) is 10.0 Å². The molecule has 1 aromatic heterocycles. The van der Waals surface area contributed by atoms with Crippen LogP contribution < -0.4 is 5.73 Å². The second-order valence-electron chi connectivity index (χ2n) is 4.85. The first kappa shape index (κ1) is 19.1. The van der Waals surface area contributed by atoms with Gasteiger partial charge in [0.1, 0.15) is 11.4 Å². The Labute approximate surface area is 149 Å². The summed E-state index contributed by atoms with van der Waals surface area (Å²) >= 11 is 11.6. The fourth-order valence-corrected chi connectivity index (χ4v) is 2.32. The van der Waals surface area contributed by atoms with Gasteiger partial charge in [0, 0.05) is 17.6 Å². The maximum absolute atomic E-state index is 12.9. The van der Waals surface area contributed by atoms with Crippen LogP contribution in [0.1, 0.15) is 26.4 Å². The number of nitrogen functional groups attached to an aromatic ring is 1. The van der Waals surface area contributed by atoms with Crippen molar-refractivity contribution < 1.29 is 27.5 Å². The van der Waals surface area contributed by atoms with Crippen molar-refractivity contribution in [3.8, 4) is 0 Å². The van der Waals surface area contributed by atoms with Gasteiger partial charge in [-0.05, 0) is 18.2 Å². The second-order valence-corrected chi connectivity index (χ2v) is 5.70. The fourth-order valence-electron chi connectivity index (χ4n) is 1.93. The van der Waals surface area contributed by atoms with Gasteiger partial charge in [0.05, 0.1) is 5.02 Å². The number of aromatic nitrogens is 2. The zero-order chi connectivity index (χ0) is 18.9. The average Bonchev–Trinajstić information content (AvgIpc) is 2.83. The predicted octanol–water partition coefficient (Wildman–Crippen LogP) is 3.37. The lowest BCUT2D eigenvalue weighted by Crippen LogP contribution is -2.19. The third-order valence-electron chi connectivity index (χ3n) is 3.13. The summed E-state index contributed by atoms with van der Waals surface area (Å²) in [6.45, 7) is -0.843. The van der Waals surface area contributed by atoms with E-state index < -0.39 is 41.6 Å². The number of rotatable bonds is 4. The van der Waals surface area contributed by atoms with Gasteiger partial charge in [-0.25, -0.2) is 4.79 Å². The number of nitrogens with zero attached hydrogens (tertiary/aromatic N) is 2. The molecule has 0 saturated heterocycles. The number of ketones is 1. The van der Waals surface area contributed by atoms with Crippen LogP contribution in [0.15, 0.2) is 18.2 Å². The molecule has 2 aromatic rings. The minimum absolute atomic E-state index is 0.0304. The number of alkyl halides is 3. The highest BCUT2D eigenvalue weighted by Crippen LogP contribution is 2.33. The zero-order valence-electron chi connectivity index (χ0n) is 12.5. The number of halogens is 5. The summed E-state index contributed by atoms with van der Waals surface area (Å²) in [5.74, 6) is -2.70. The number of benzene rings is 1. The van der Waals surface area contributed by atoms with E-state index in [1.165, 1.54) is 18.2 Å². The molecule has 0 radical (unpaired) electrons. The summed E-state index contributed by atoms with van der Waals surface area (Å²) in [7, 11) is 1.14. The standard InChI is InChI=1S/C14H10Cl2F3N3O3/c1-22-12(20)10(11(21-22)14(17,18)19)13(24)25-5-9(23)7-4-6(15)2-3-8(7)16/h2-4H,5,20H2,1H3. The molecule has 0 unspecified atom stereocenters. The molecule has 1 heterocycles. The normalized spacial score (nSPS) is 11.4. The summed E-state index contributed by atoms with van der Waals surface area (Å²) in [6.07, 6.45) is -4.91. The van der Waals surface area contributed by atoms with Crippen molar-refractivity contribution in [2.24, 2.45) is 7.05 Å². The molecule has 2 rings (SSSR count). The largest absolute Gasteiger partial charge is 0.454 e. The average molecular weight is 396 g/mol. The molecule has 1 aromatic carbocycles. The molecule has 0 fully saturated rings. The number of carbonyl (C=O) groups excluding carboxylic acids is 2. The monoisotopic (exact) mass is 395 g/mol. The molecule has 0 aliphatic carbocycles. The Morgan fingerprint density at radius 2 is 1.96 bits per heavy atom. The Bertz CT molecular complexity index is 850. The van der Waals surface area contributed by atoms with Gasteiger partial charge in [-0.1, -0.05) is 23.2 Å². The molecule has 0 aliphatic rings. The molecule has 2 N–H and O–H groups in total. The Morgan fingerprint density at radius 1 is 1.32 bits per heavy atom. The Hall–Kier alpha value is -2.26. The Balaban J connectivity index is 2.21. The molecule has 0 aliphatic heterocycles. The number of hydrogen-bond acceptors (Lipinski definition) is 5. The Morgan fingerprint density at radius 3 is 2.56 bits per heavy atom. The molecule has 0 spiro atoms. The highest BCUT2D eigenvalue weighted by Gasteiger charge is 2.41. The SMILES string of the molecule is Cn1nc(C(F)(F)F)c(C(=O)OCC(=O)c2cc(Cl)ccc2Cl)c1N. The fraction of sp³-hybridized carbons (Fsp3) is 0.214. The molecular weight excluding hydrogens is 386 g/mol. The number of esters is 1. The van der Waals surface area contributed by atoms with Gasteiger partial charge in [0.2, 0.25) is 5.78 Å². The molecule has 0 atom stereocenters. The first-order valence-electron chi connectivity index (χ1n) is 6.57. The molecule has 0 saturated carbocycles. The lowest BCUT2D eigenvalue weighted by molar-refractivity contribution is -0.142. The van der Waals surface area contributed by atoms with Crippen molar-refractivity contribution in [3.63, 3.8) is 0 Å². The van der Waals surface area contributed by atoms with Gasteiger partial charge in [-0.3, -0.25) is 9.48 Å². The molecule has 0 bridgehead atoms. The lowest BCUT2D eigenvalue weighted by Gasteiger charge is -2.08. The van der Waals surface area contributed by atoms with Crippen LogP contribution in [-0.2, 0) is 18.0 Å². The highest BCUT2D eigenvalue weighted by atomic mass is 35.5. The van der Waals surface area contributed by atoms with Crippen LogP contribution >= 0.6 is 23.2 Å². The number of Topliss-reactive ketones (excluding diaryl/α,β-unsaturated/α-hetero) is 1. The summed E-state index contributed by atoms with van der Waals surface area (Å²) in [4.78, 5) is 24.0. The number of aryl methyl sites for hydroxylation is 1. The molecule has 6 nitrogen and oxygen atoms in total. The topological polar surface area (TPSA) is 87.2 Å². The lowest BCUT2D eigenvalue weighted by atomic mass is 10.1. The molecule has 25 heavy (non-hydrogen) atoms. The summed E-state index contributed by atoms with van der Waals surface area (Å²) < 4.78 is 44.1. The second kappa shape index (κ2) is 6.93. The minimum Gasteiger partial charge on any atom is -0.454 e. The van der Waals surface area contributed by atoms with Crippen molar-refractivity contribution in [1.82, 2.24) is 9.78 Å². The van der Waals surface area contributed by atoms with E-state index in [2.05, 4.69) is 9.84 Å². The van der Waals surface area contributed by atoms with E-state index in [1.54, 1.807) is 0 Å². The van der Waals surface area contributed by atoms with E-state index in [9.17, 15) is 22.8 Å². The maximum atomic E-state index is 12.9. The first-order chi connectivity index (χ1) is 11.5. The van der Waals surface area contributed by atoms with Crippen LogP contribution in [0.3, 0.4) is 0 Å². The van der Waals surface area contributed by atoms with Gasteiger partial charge < -0.3 is 10.5 Å². The van der Waals surface area contributed by atoms with Crippen molar-refractivity contribution >= 4 is 40.8 Å². The summed E-state index contributed by atoms with van der Waals surface area (Å²) in [5, 5.41) is 3.43. The van der Waals surface area contributed by atoms with E-state index >= 15 is 0 Å². The quantitative estimate of drug-likeness (QED) is 0.633. The minimum atomic E-state index is -4.91. The maximum Gasteiger partial charge on any atom is 0.436 e. The van der Waals surface area contributed by atoms with E-state index in [1.807, 2.05) is 0 Å². The number of nitrogens with two attached hydrogens (primary N) is 1. The van der Waals surface area contributed by atoms with Crippen molar-refractivity contribution in [1.29, 1.82) is 0 Å². The number of carbonyl (C=O) groups is 2. The van der Waals surface area contributed by atoms with Crippen LogP contribution in [0.25, 0.3) is 0 Å². The van der Waals surface area contributed by atoms with Gasteiger partial charge >= 0.3 is 12.1 Å².